The van der Waals surface area contributed by atoms with E-state index in [1.807, 2.05) is 49.8 Å². The van der Waals surface area contributed by atoms with E-state index in [4.69, 9.17) is 9.84 Å². The summed E-state index contributed by atoms with van der Waals surface area (Å²) in [4.78, 5) is 15.1. The highest BCUT2D eigenvalue weighted by Crippen LogP contribution is 2.46. The molecule has 1 aliphatic heterocycles. The zero-order valence-corrected chi connectivity index (χ0v) is 23.5. The van der Waals surface area contributed by atoms with Crippen LogP contribution in [0.25, 0.3) is 22.6 Å². The number of alkyl halides is 3. The number of anilines is 1. The summed E-state index contributed by atoms with van der Waals surface area (Å²) >= 11 is 0. The molecule has 212 valence electrons. The van der Waals surface area contributed by atoms with Crippen molar-refractivity contribution in [2.45, 2.75) is 65.2 Å². The fourth-order valence-electron chi connectivity index (χ4n) is 5.28. The van der Waals surface area contributed by atoms with Gasteiger partial charge in [0.1, 0.15) is 17.8 Å². The Labute approximate surface area is 231 Å². The number of imidazole rings is 1. The van der Waals surface area contributed by atoms with Crippen molar-refractivity contribution < 1.29 is 17.9 Å². The van der Waals surface area contributed by atoms with Gasteiger partial charge in [-0.05, 0) is 44.0 Å². The molecular weight excluding hydrogens is 519 g/mol. The van der Waals surface area contributed by atoms with Gasteiger partial charge in [0.25, 0.3) is 0 Å². The molecule has 6 rings (SSSR count). The fraction of sp³-hybridized carbons (Fsp3) is 0.448. The Morgan fingerprint density at radius 3 is 2.42 bits per heavy atom. The van der Waals surface area contributed by atoms with Crippen molar-refractivity contribution in [3.8, 4) is 28.5 Å². The second kappa shape index (κ2) is 10.9. The molecule has 4 aromatic rings. The molecule has 0 radical (unpaired) electrons. The van der Waals surface area contributed by atoms with Crippen LogP contribution >= 0.6 is 0 Å². The molecule has 0 amide bonds. The molecule has 1 fully saturated rings. The van der Waals surface area contributed by atoms with E-state index in [1.165, 1.54) is 10.3 Å². The summed E-state index contributed by atoms with van der Waals surface area (Å²) in [6.45, 7) is 7.64. The topological polar surface area (TPSA) is 73.9 Å². The second-order valence-corrected chi connectivity index (χ2v) is 9.77. The quantitative estimate of drug-likeness (QED) is 0.281. The molecule has 0 N–H and O–H groups in total. The highest BCUT2D eigenvalue weighted by molar-refractivity contribution is 5.73. The smallest absolute Gasteiger partial charge is 0.434 e. The lowest BCUT2D eigenvalue weighted by Crippen LogP contribution is -2.31. The fourth-order valence-corrected chi connectivity index (χ4v) is 5.28. The van der Waals surface area contributed by atoms with Crippen molar-refractivity contribution in [1.82, 2.24) is 29.3 Å². The highest BCUT2D eigenvalue weighted by Gasteiger charge is 2.36. The minimum absolute atomic E-state index is 0.311. The minimum atomic E-state index is -4.48. The van der Waals surface area contributed by atoms with Crippen LogP contribution in [0.2, 0.25) is 0 Å². The molecule has 1 aliphatic carbocycles. The predicted octanol–water partition coefficient (Wildman–Crippen LogP) is 6.25. The average molecular weight is 554 g/mol. The molecule has 40 heavy (non-hydrogen) atoms. The molecule has 2 aliphatic rings. The van der Waals surface area contributed by atoms with Crippen LogP contribution in [0.3, 0.4) is 0 Å². The minimum Gasteiger partial charge on any atom is -0.480 e. The molecule has 0 saturated heterocycles. The van der Waals surface area contributed by atoms with Crippen LogP contribution in [-0.2, 0) is 32.7 Å². The van der Waals surface area contributed by atoms with E-state index in [9.17, 15) is 13.2 Å². The lowest BCUT2D eigenvalue weighted by molar-refractivity contribution is -0.140. The number of methoxy groups -OCH3 is 1. The number of aromatic nitrogens is 6. The van der Waals surface area contributed by atoms with Gasteiger partial charge in [-0.25, -0.2) is 15.0 Å². The number of benzene rings is 1. The molecule has 1 saturated carbocycles. The van der Waals surface area contributed by atoms with Gasteiger partial charge >= 0.3 is 6.18 Å². The first-order chi connectivity index (χ1) is 19.3. The molecule has 0 bridgehead atoms. The van der Waals surface area contributed by atoms with Crippen LogP contribution in [0, 0.1) is 0 Å². The summed E-state index contributed by atoms with van der Waals surface area (Å²) in [6.07, 6.45) is 1.15. The van der Waals surface area contributed by atoms with Crippen LogP contribution in [0.15, 0.2) is 36.8 Å². The number of hydrogen-bond donors (Lipinski definition) is 0. The molecule has 0 spiro atoms. The number of nitrogens with zero attached hydrogens (tertiary/aromatic N) is 7. The van der Waals surface area contributed by atoms with Crippen LogP contribution in [0.4, 0.5) is 18.9 Å². The SMILES string of the molecule is CC.CCn1cc(C(F)(F)F)nc1-c1ccc(N2CCc3c(c(-c4c(OC)ncnc4C4CC4)nn3C)C2)cc1. The van der Waals surface area contributed by atoms with Gasteiger partial charge in [-0.1, -0.05) is 13.8 Å². The number of halogens is 3. The number of hydrogen-bond acceptors (Lipinski definition) is 6. The van der Waals surface area contributed by atoms with Crippen molar-refractivity contribution in [2.75, 3.05) is 18.6 Å². The number of fused-ring (bicyclic) bond motifs is 1. The zero-order valence-electron chi connectivity index (χ0n) is 23.5. The van der Waals surface area contributed by atoms with Gasteiger partial charge in [0.2, 0.25) is 5.88 Å². The Morgan fingerprint density at radius 1 is 1.07 bits per heavy atom. The summed E-state index contributed by atoms with van der Waals surface area (Å²) in [5.41, 5.74) is 5.76. The normalized spacial score (nSPS) is 14.9. The summed E-state index contributed by atoms with van der Waals surface area (Å²) < 4.78 is 48.8. The molecule has 8 nitrogen and oxygen atoms in total. The van der Waals surface area contributed by atoms with E-state index in [0.29, 0.717) is 36.3 Å². The monoisotopic (exact) mass is 553 g/mol. The van der Waals surface area contributed by atoms with Crippen molar-refractivity contribution in [1.29, 1.82) is 0 Å². The Morgan fingerprint density at radius 2 is 1.80 bits per heavy atom. The van der Waals surface area contributed by atoms with E-state index < -0.39 is 11.9 Å². The standard InChI is InChI=1S/C27H28F3N7O.C2H6/c1-4-36-14-21(27(28,29)30)33-25(36)17-7-9-18(10-8-17)37-12-11-20-19(13-37)24(34-35(20)2)22-23(16-5-6-16)31-15-32-26(22)38-3;1-2/h7-10,14-16H,4-6,11-13H2,1-3H3;1-2H3. The van der Waals surface area contributed by atoms with Crippen LogP contribution < -0.4 is 9.64 Å². The van der Waals surface area contributed by atoms with E-state index in [0.717, 1.165) is 60.2 Å². The third-order valence-electron chi connectivity index (χ3n) is 7.38. The van der Waals surface area contributed by atoms with Gasteiger partial charge in [-0.15, -0.1) is 0 Å². The first kappa shape index (κ1) is 27.7. The maximum Gasteiger partial charge on any atom is 0.434 e. The van der Waals surface area contributed by atoms with E-state index in [1.54, 1.807) is 20.4 Å². The van der Waals surface area contributed by atoms with Crippen molar-refractivity contribution in [3.63, 3.8) is 0 Å². The van der Waals surface area contributed by atoms with E-state index in [-0.39, 0.29) is 0 Å². The van der Waals surface area contributed by atoms with Crippen LogP contribution in [0.5, 0.6) is 5.88 Å². The van der Waals surface area contributed by atoms with Gasteiger partial charge < -0.3 is 14.2 Å². The van der Waals surface area contributed by atoms with Gasteiger partial charge in [0.15, 0.2) is 5.69 Å². The lowest BCUT2D eigenvalue weighted by atomic mass is 9.98. The highest BCUT2D eigenvalue weighted by atomic mass is 19.4. The van der Waals surface area contributed by atoms with Crippen molar-refractivity contribution >= 4 is 5.69 Å². The Hall–Kier alpha value is -3.89. The number of aryl methyl sites for hydroxylation is 2. The van der Waals surface area contributed by atoms with Gasteiger partial charge in [-0.2, -0.15) is 18.3 Å². The largest absolute Gasteiger partial charge is 0.480 e. The molecule has 0 atom stereocenters. The second-order valence-electron chi connectivity index (χ2n) is 9.77. The average Bonchev–Trinajstić information content (AvgIpc) is 3.64. The predicted molar refractivity (Wildman–Crippen MR) is 147 cm³/mol. The maximum atomic E-state index is 13.2. The van der Waals surface area contributed by atoms with Crippen LogP contribution in [0.1, 0.15) is 62.2 Å². The third kappa shape index (κ3) is 5.04. The Kier molecular flexibility index (Phi) is 7.57. The van der Waals surface area contributed by atoms with Gasteiger partial charge in [0.05, 0.1) is 18.4 Å². The van der Waals surface area contributed by atoms with Gasteiger partial charge in [0, 0.05) is 67.7 Å². The maximum absolute atomic E-state index is 13.2. The molecule has 0 unspecified atom stereocenters. The first-order valence-corrected chi connectivity index (χ1v) is 13.7. The molecule has 1 aromatic carbocycles. The number of ether oxygens (including phenoxy) is 1. The first-order valence-electron chi connectivity index (χ1n) is 13.7. The lowest BCUT2D eigenvalue weighted by Gasteiger charge is -2.30. The third-order valence-corrected chi connectivity index (χ3v) is 7.38. The van der Waals surface area contributed by atoms with Gasteiger partial charge in [-0.3, -0.25) is 4.68 Å². The summed E-state index contributed by atoms with van der Waals surface area (Å²) in [7, 11) is 3.58. The summed E-state index contributed by atoms with van der Waals surface area (Å²) in [6, 6.07) is 7.56. The molecule has 3 aromatic heterocycles. The number of rotatable bonds is 6. The zero-order chi connectivity index (χ0) is 28.6. The summed E-state index contributed by atoms with van der Waals surface area (Å²) in [5, 5.41) is 4.89. The van der Waals surface area contributed by atoms with Crippen LogP contribution in [-0.4, -0.2) is 43.0 Å². The Bertz CT molecular complexity index is 1490. The van der Waals surface area contributed by atoms with Crippen molar-refractivity contribution in [3.05, 3.63) is 59.4 Å². The molecular formula is C29H34F3N7O. The molecule has 11 heteroatoms. The molecule has 4 heterocycles. The Balaban J connectivity index is 0.00000158. The van der Waals surface area contributed by atoms with E-state index in [2.05, 4.69) is 19.9 Å². The van der Waals surface area contributed by atoms with Crippen molar-refractivity contribution in [2.24, 2.45) is 7.05 Å². The summed E-state index contributed by atoms with van der Waals surface area (Å²) in [5.74, 6) is 1.25. The van der Waals surface area contributed by atoms with E-state index >= 15 is 0 Å².